The maximum atomic E-state index is 10.0. The molecule has 6 aromatic rings. The summed E-state index contributed by atoms with van der Waals surface area (Å²) >= 11 is 0. The number of nitrogens with zero attached hydrogens (tertiary/aromatic N) is 4. The highest BCUT2D eigenvalue weighted by atomic mass is 15.1. The lowest BCUT2D eigenvalue weighted by Gasteiger charge is -2.26. The quantitative estimate of drug-likeness (QED) is 0.0986. The highest BCUT2D eigenvalue weighted by Gasteiger charge is 2.12. The second-order valence-corrected chi connectivity index (χ2v) is 11.4. The zero-order valence-corrected chi connectivity index (χ0v) is 26.3. The number of hydrogen-bond acceptors (Lipinski definition) is 4. The monoisotopic (exact) mass is 604 g/mol. The molecule has 0 spiro atoms. The van der Waals surface area contributed by atoms with Crippen LogP contribution in [0.3, 0.4) is 0 Å². The minimum atomic E-state index is 0.604. The Labute approximate surface area is 276 Å². The number of rotatable bonds is 8. The Bertz CT molecular complexity index is 2060. The first-order valence-electron chi connectivity index (χ1n) is 15.4. The van der Waals surface area contributed by atoms with Crippen molar-refractivity contribution in [3.63, 3.8) is 0 Å². The van der Waals surface area contributed by atoms with E-state index in [1.165, 1.54) is 11.1 Å². The molecule has 0 radical (unpaired) electrons. The third-order valence-corrected chi connectivity index (χ3v) is 7.97. The summed E-state index contributed by atoms with van der Waals surface area (Å²) in [4.78, 5) is 6.74. The van der Waals surface area contributed by atoms with Gasteiger partial charge >= 0.3 is 0 Å². The number of nitriles is 2. The normalized spacial score (nSPS) is 11.2. The highest BCUT2D eigenvalue weighted by molar-refractivity contribution is 5.90. The van der Waals surface area contributed by atoms with Crippen molar-refractivity contribution in [1.82, 2.24) is 0 Å². The minimum absolute atomic E-state index is 0.604. The van der Waals surface area contributed by atoms with Crippen LogP contribution in [0.15, 0.2) is 151 Å². The number of hydrogen-bond donors (Lipinski definition) is 0. The van der Waals surface area contributed by atoms with Gasteiger partial charge in [-0.05, 0) is 108 Å². The summed E-state index contributed by atoms with van der Waals surface area (Å²) in [6, 6.07) is 53.3. The van der Waals surface area contributed by atoms with Gasteiger partial charge in [-0.25, -0.2) is 0 Å². The molecule has 224 valence electrons. The number of anilines is 3. The molecule has 4 heteroatoms. The molecular weight excluding hydrogens is 573 g/mol. The first kappa shape index (κ1) is 30.5. The van der Waals surface area contributed by atoms with E-state index in [2.05, 4.69) is 121 Å². The lowest BCUT2D eigenvalue weighted by atomic mass is 9.99. The molecule has 47 heavy (non-hydrogen) atoms. The zero-order valence-electron chi connectivity index (χ0n) is 26.3. The smallest absolute Gasteiger partial charge is 0.0998 e. The molecule has 0 amide bonds. The van der Waals surface area contributed by atoms with Crippen LogP contribution < -0.4 is 4.90 Å². The van der Waals surface area contributed by atoms with Crippen molar-refractivity contribution in [2.75, 3.05) is 4.90 Å². The van der Waals surface area contributed by atoms with Gasteiger partial charge in [-0.1, -0.05) is 96.1 Å². The Morgan fingerprint density at radius 2 is 1.02 bits per heavy atom. The van der Waals surface area contributed by atoms with Gasteiger partial charge in [0.1, 0.15) is 0 Å². The molecule has 0 unspecified atom stereocenters. The fourth-order valence-electron chi connectivity index (χ4n) is 5.28. The van der Waals surface area contributed by atoms with E-state index >= 15 is 0 Å². The number of aliphatic imine (C=N–C) groups is 1. The van der Waals surface area contributed by atoms with Gasteiger partial charge in [0.25, 0.3) is 0 Å². The average Bonchev–Trinajstić information content (AvgIpc) is 3.12. The van der Waals surface area contributed by atoms with Gasteiger partial charge in [0.15, 0.2) is 0 Å². The second-order valence-electron chi connectivity index (χ2n) is 11.4. The third-order valence-electron chi connectivity index (χ3n) is 7.97. The van der Waals surface area contributed by atoms with Crippen LogP contribution in [0.4, 0.5) is 22.7 Å². The van der Waals surface area contributed by atoms with Gasteiger partial charge in [-0.3, -0.25) is 4.99 Å². The fraction of sp³-hybridized carbons (Fsp3) is 0.0465. The predicted octanol–water partition coefficient (Wildman–Crippen LogP) is 11.1. The Morgan fingerprint density at radius 1 is 0.553 bits per heavy atom. The largest absolute Gasteiger partial charge is 0.311 e. The summed E-state index contributed by atoms with van der Waals surface area (Å²) in [5, 5.41) is 19.0. The van der Waals surface area contributed by atoms with E-state index in [0.29, 0.717) is 11.1 Å². The molecule has 0 bridgehead atoms. The average molecular weight is 605 g/mol. The van der Waals surface area contributed by atoms with Gasteiger partial charge in [0, 0.05) is 23.3 Å². The number of benzene rings is 6. The predicted molar refractivity (Wildman–Crippen MR) is 194 cm³/mol. The summed E-state index contributed by atoms with van der Waals surface area (Å²) in [7, 11) is 0. The van der Waals surface area contributed by atoms with Crippen molar-refractivity contribution in [3.8, 4) is 23.3 Å². The van der Waals surface area contributed by atoms with Crippen molar-refractivity contribution < 1.29 is 0 Å². The molecule has 0 saturated carbocycles. The first-order valence-corrected chi connectivity index (χ1v) is 15.4. The van der Waals surface area contributed by atoms with Crippen LogP contribution in [0, 0.1) is 36.5 Å². The summed E-state index contributed by atoms with van der Waals surface area (Å²) < 4.78 is 0. The van der Waals surface area contributed by atoms with Crippen LogP contribution in [-0.4, -0.2) is 6.21 Å². The lowest BCUT2D eigenvalue weighted by molar-refractivity contribution is 1.27. The van der Waals surface area contributed by atoms with Crippen molar-refractivity contribution >= 4 is 40.6 Å². The van der Waals surface area contributed by atoms with Gasteiger partial charge in [-0.15, -0.1) is 0 Å². The third kappa shape index (κ3) is 7.43. The first-order chi connectivity index (χ1) is 23.0. The van der Waals surface area contributed by atoms with E-state index < -0.39 is 0 Å². The van der Waals surface area contributed by atoms with Gasteiger partial charge in [-0.2, -0.15) is 10.5 Å². The molecule has 0 N–H and O–H groups in total. The van der Waals surface area contributed by atoms with Crippen LogP contribution in [0.5, 0.6) is 0 Å². The topological polar surface area (TPSA) is 63.2 Å². The van der Waals surface area contributed by atoms with Crippen LogP contribution in [0.2, 0.25) is 0 Å². The van der Waals surface area contributed by atoms with Crippen molar-refractivity contribution in [2.24, 2.45) is 4.99 Å². The lowest BCUT2D eigenvalue weighted by Crippen LogP contribution is -2.09. The number of allylic oxidation sites excluding steroid dienone is 1. The maximum absolute atomic E-state index is 10.0. The molecule has 0 aromatic heterocycles. The molecule has 0 aliphatic heterocycles. The molecule has 0 saturated heterocycles. The van der Waals surface area contributed by atoms with Crippen LogP contribution in [0.25, 0.3) is 22.8 Å². The van der Waals surface area contributed by atoms with Gasteiger partial charge in [0.2, 0.25) is 0 Å². The molecule has 0 heterocycles. The molecule has 0 atom stereocenters. The molecule has 4 nitrogen and oxygen atoms in total. The second kappa shape index (κ2) is 14.1. The fourth-order valence-corrected chi connectivity index (χ4v) is 5.28. The zero-order chi connectivity index (χ0) is 32.6. The molecule has 6 rings (SSSR count). The van der Waals surface area contributed by atoms with E-state index in [0.717, 1.165) is 50.6 Å². The molecular formula is C43H32N4. The van der Waals surface area contributed by atoms with Crippen LogP contribution >= 0.6 is 0 Å². The molecule has 0 aliphatic carbocycles. The van der Waals surface area contributed by atoms with Crippen molar-refractivity contribution in [2.45, 2.75) is 13.8 Å². The maximum Gasteiger partial charge on any atom is 0.0998 e. The Kier molecular flexibility index (Phi) is 9.15. The van der Waals surface area contributed by atoms with E-state index in [1.807, 2.05) is 60.8 Å². The van der Waals surface area contributed by atoms with E-state index in [1.54, 1.807) is 12.1 Å². The van der Waals surface area contributed by atoms with Crippen LogP contribution in [0.1, 0.15) is 33.4 Å². The van der Waals surface area contributed by atoms with Crippen molar-refractivity contribution in [1.29, 1.82) is 10.5 Å². The molecule has 0 fully saturated rings. The highest BCUT2D eigenvalue weighted by Crippen LogP contribution is 2.35. The SMILES string of the molecule is Cc1ccc(N(c2ccc(C)cc2)c2ccc(/C=C(\C#N)c3ccc(-c4ccc(C=Nc5ccc(C#N)cc5)cc4)cc3)cc2)cc1. The van der Waals surface area contributed by atoms with E-state index in [9.17, 15) is 5.26 Å². The molecule has 6 aromatic carbocycles. The standard InChI is InChI=1S/C43H32N4/c1-31-3-21-41(22-4-31)47(42-23-5-32(2)6-24-42)43-25-11-33(12-26-43)27-39(29-45)38-17-15-37(16-18-38)36-13-7-35(8-14-36)30-46-40-19-9-34(28-44)10-20-40/h3-27,30H,1-2H3/b39-27+,46-30?. The Balaban J connectivity index is 1.18. The summed E-state index contributed by atoms with van der Waals surface area (Å²) in [5.74, 6) is 0. The number of aryl methyl sites for hydroxylation is 2. The van der Waals surface area contributed by atoms with Crippen LogP contribution in [-0.2, 0) is 0 Å². The minimum Gasteiger partial charge on any atom is -0.311 e. The van der Waals surface area contributed by atoms with E-state index in [-0.39, 0.29) is 0 Å². The Morgan fingerprint density at radius 3 is 1.51 bits per heavy atom. The van der Waals surface area contributed by atoms with Gasteiger partial charge in [0.05, 0.1) is 29.0 Å². The van der Waals surface area contributed by atoms with Crippen molar-refractivity contribution in [3.05, 3.63) is 179 Å². The summed E-state index contributed by atoms with van der Waals surface area (Å²) in [6.07, 6.45) is 3.75. The summed E-state index contributed by atoms with van der Waals surface area (Å²) in [6.45, 7) is 4.19. The molecule has 0 aliphatic rings. The summed E-state index contributed by atoms with van der Waals surface area (Å²) in [5.41, 5.74) is 12.6. The van der Waals surface area contributed by atoms with Gasteiger partial charge < -0.3 is 4.90 Å². The van der Waals surface area contributed by atoms with E-state index in [4.69, 9.17) is 5.26 Å². The Hall–Kier alpha value is -6.49.